The lowest BCUT2D eigenvalue weighted by atomic mass is 10.1. The molecule has 2 atom stereocenters. The fourth-order valence-electron chi connectivity index (χ4n) is 0.575. The van der Waals surface area contributed by atoms with Gasteiger partial charge in [0.25, 0.3) is 0 Å². The van der Waals surface area contributed by atoms with E-state index < -0.39 is 0 Å². The Kier molecular flexibility index (Phi) is 3.83. The molecule has 0 fully saturated rings. The molecule has 1 unspecified atom stereocenters. The predicted molar refractivity (Wildman–Crippen MR) is 34.6 cm³/mol. The fraction of sp³-hybridized carbons (Fsp3) is 1.00. The molecule has 0 spiro atoms. The van der Waals surface area contributed by atoms with Crippen LogP contribution in [0.4, 0.5) is 0 Å². The van der Waals surface area contributed by atoms with E-state index in [2.05, 4.69) is 6.92 Å². The van der Waals surface area contributed by atoms with Gasteiger partial charge in [0.15, 0.2) is 0 Å². The fourth-order valence-corrected chi connectivity index (χ4v) is 0.575. The van der Waals surface area contributed by atoms with Gasteiger partial charge in [-0.05, 0) is 13.3 Å². The summed E-state index contributed by atoms with van der Waals surface area (Å²) >= 11 is 0. The van der Waals surface area contributed by atoms with Crippen molar-refractivity contribution in [3.8, 4) is 0 Å². The molecule has 0 aromatic rings. The largest absolute Gasteiger partial charge is 0.392 e. The van der Waals surface area contributed by atoms with E-state index in [-0.39, 0.29) is 12.1 Å². The first-order valence-corrected chi connectivity index (χ1v) is 3.12. The molecule has 50 valence electrons. The molecule has 2 nitrogen and oxygen atoms in total. The number of hydrogen-bond acceptors (Lipinski definition) is 2. The third kappa shape index (κ3) is 2.99. The highest BCUT2D eigenvalue weighted by Crippen LogP contribution is 1.96. The molecule has 0 saturated carbocycles. The minimum Gasteiger partial charge on any atom is -0.392 e. The topological polar surface area (TPSA) is 46.2 Å². The Balaban J connectivity index is 3.17. The Morgan fingerprint density at radius 3 is 2.25 bits per heavy atom. The summed E-state index contributed by atoms with van der Waals surface area (Å²) in [6.07, 6.45) is 1.61. The van der Waals surface area contributed by atoms with Gasteiger partial charge in [-0.25, -0.2) is 0 Å². The summed E-state index contributed by atoms with van der Waals surface area (Å²) in [6.45, 7) is 3.78. The van der Waals surface area contributed by atoms with Gasteiger partial charge in [0.1, 0.15) is 0 Å². The molecule has 0 amide bonds. The van der Waals surface area contributed by atoms with E-state index in [9.17, 15) is 0 Å². The van der Waals surface area contributed by atoms with Crippen molar-refractivity contribution in [2.45, 2.75) is 38.8 Å². The van der Waals surface area contributed by atoms with Crippen LogP contribution in [-0.4, -0.2) is 17.3 Å². The lowest BCUT2D eigenvalue weighted by Crippen LogP contribution is -2.31. The summed E-state index contributed by atoms with van der Waals surface area (Å²) in [5, 5.41) is 8.83. The summed E-state index contributed by atoms with van der Waals surface area (Å²) in [7, 11) is 0. The average molecular weight is 117 g/mol. The Morgan fingerprint density at radius 1 is 1.62 bits per heavy atom. The molecule has 0 saturated heterocycles. The highest BCUT2D eigenvalue weighted by molar-refractivity contribution is 4.65. The normalized spacial score (nSPS) is 18.0. The van der Waals surface area contributed by atoms with Crippen LogP contribution in [0.5, 0.6) is 0 Å². The Labute approximate surface area is 50.7 Å². The molecule has 0 aromatic heterocycles. The third-order valence-electron chi connectivity index (χ3n) is 1.24. The maximum atomic E-state index is 8.83. The standard InChI is InChI=1S/C6H15NO/c1-3-4-6(7)5(2)8/h5-6,8H,3-4,7H2,1-2H3/t5?,6-/m1/s1. The molecule has 0 aliphatic heterocycles. The van der Waals surface area contributed by atoms with Gasteiger partial charge in [0.2, 0.25) is 0 Å². The van der Waals surface area contributed by atoms with Crippen molar-refractivity contribution in [1.82, 2.24) is 0 Å². The smallest absolute Gasteiger partial charge is 0.0662 e. The second kappa shape index (κ2) is 3.87. The highest BCUT2D eigenvalue weighted by Gasteiger charge is 2.05. The van der Waals surface area contributed by atoms with Gasteiger partial charge < -0.3 is 10.8 Å². The molecule has 3 N–H and O–H groups in total. The zero-order valence-corrected chi connectivity index (χ0v) is 5.59. The minimum absolute atomic E-state index is 0.0278. The first-order chi connectivity index (χ1) is 3.68. The molecular weight excluding hydrogens is 102 g/mol. The van der Waals surface area contributed by atoms with Crippen LogP contribution in [0.15, 0.2) is 0 Å². The summed E-state index contributed by atoms with van der Waals surface area (Å²) in [5.41, 5.74) is 5.48. The van der Waals surface area contributed by atoms with Gasteiger partial charge >= 0.3 is 0 Å². The van der Waals surface area contributed by atoms with E-state index in [0.717, 1.165) is 12.8 Å². The van der Waals surface area contributed by atoms with Crippen molar-refractivity contribution in [1.29, 1.82) is 0 Å². The number of aliphatic hydroxyl groups excluding tert-OH is 1. The van der Waals surface area contributed by atoms with Crippen LogP contribution >= 0.6 is 0 Å². The van der Waals surface area contributed by atoms with Gasteiger partial charge in [-0.3, -0.25) is 0 Å². The maximum Gasteiger partial charge on any atom is 0.0662 e. The number of nitrogens with two attached hydrogens (primary N) is 1. The predicted octanol–water partition coefficient (Wildman–Crippen LogP) is 0.495. The molecule has 2 heteroatoms. The van der Waals surface area contributed by atoms with Gasteiger partial charge in [0.05, 0.1) is 6.10 Å². The van der Waals surface area contributed by atoms with Crippen LogP contribution in [0.1, 0.15) is 26.7 Å². The molecule has 0 aliphatic carbocycles. The van der Waals surface area contributed by atoms with Crippen molar-refractivity contribution in [3.05, 3.63) is 0 Å². The summed E-state index contributed by atoms with van der Waals surface area (Å²) < 4.78 is 0. The summed E-state index contributed by atoms with van der Waals surface area (Å²) in [6, 6.07) is -0.0278. The van der Waals surface area contributed by atoms with Crippen molar-refractivity contribution in [2.75, 3.05) is 0 Å². The molecule has 8 heavy (non-hydrogen) atoms. The Bertz CT molecular complexity index is 54.5. The van der Waals surface area contributed by atoms with E-state index in [1.165, 1.54) is 0 Å². The van der Waals surface area contributed by atoms with Gasteiger partial charge in [0, 0.05) is 6.04 Å². The number of hydrogen-bond donors (Lipinski definition) is 2. The van der Waals surface area contributed by atoms with Crippen LogP contribution in [0.25, 0.3) is 0 Å². The number of rotatable bonds is 3. The van der Waals surface area contributed by atoms with Crippen LogP contribution in [-0.2, 0) is 0 Å². The van der Waals surface area contributed by atoms with E-state index >= 15 is 0 Å². The molecule has 0 rings (SSSR count). The van der Waals surface area contributed by atoms with Crippen molar-refractivity contribution in [2.24, 2.45) is 5.73 Å². The minimum atomic E-state index is -0.352. The second-order valence-electron chi connectivity index (χ2n) is 2.19. The molecule has 0 bridgehead atoms. The molecule has 0 aliphatic rings. The monoisotopic (exact) mass is 117 g/mol. The van der Waals surface area contributed by atoms with Crippen LogP contribution < -0.4 is 5.73 Å². The first kappa shape index (κ1) is 7.92. The van der Waals surface area contributed by atoms with E-state index in [1.54, 1.807) is 6.92 Å². The highest BCUT2D eigenvalue weighted by atomic mass is 16.3. The summed E-state index contributed by atoms with van der Waals surface area (Å²) in [5.74, 6) is 0. The van der Waals surface area contributed by atoms with Crippen LogP contribution in [0.3, 0.4) is 0 Å². The van der Waals surface area contributed by atoms with Crippen LogP contribution in [0, 0.1) is 0 Å². The Hall–Kier alpha value is -0.0800. The molecule has 0 heterocycles. The van der Waals surface area contributed by atoms with E-state index in [1.807, 2.05) is 0 Å². The number of aliphatic hydroxyl groups is 1. The lowest BCUT2D eigenvalue weighted by Gasteiger charge is -2.11. The molecular formula is C6H15NO. The van der Waals surface area contributed by atoms with E-state index in [4.69, 9.17) is 10.8 Å². The van der Waals surface area contributed by atoms with Crippen molar-refractivity contribution < 1.29 is 5.11 Å². The summed E-state index contributed by atoms with van der Waals surface area (Å²) in [4.78, 5) is 0. The lowest BCUT2D eigenvalue weighted by molar-refractivity contribution is 0.159. The van der Waals surface area contributed by atoms with E-state index in [0.29, 0.717) is 0 Å². The third-order valence-corrected chi connectivity index (χ3v) is 1.24. The van der Waals surface area contributed by atoms with Gasteiger partial charge in [-0.15, -0.1) is 0 Å². The zero-order valence-electron chi connectivity index (χ0n) is 5.59. The van der Waals surface area contributed by atoms with Gasteiger partial charge in [-0.2, -0.15) is 0 Å². The zero-order chi connectivity index (χ0) is 6.57. The molecule has 0 aromatic carbocycles. The average Bonchev–Trinajstić information content (AvgIpc) is 1.67. The first-order valence-electron chi connectivity index (χ1n) is 3.12. The molecule has 0 radical (unpaired) electrons. The second-order valence-corrected chi connectivity index (χ2v) is 2.19. The van der Waals surface area contributed by atoms with Crippen LogP contribution in [0.2, 0.25) is 0 Å². The SMILES string of the molecule is CCC[C@@H](N)C(C)O. The van der Waals surface area contributed by atoms with Gasteiger partial charge in [-0.1, -0.05) is 13.3 Å². The van der Waals surface area contributed by atoms with Crippen molar-refractivity contribution >= 4 is 0 Å². The maximum absolute atomic E-state index is 8.83. The quantitative estimate of drug-likeness (QED) is 0.565. The van der Waals surface area contributed by atoms with Crippen molar-refractivity contribution in [3.63, 3.8) is 0 Å². The Morgan fingerprint density at radius 2 is 2.12 bits per heavy atom.